The van der Waals surface area contributed by atoms with Crippen LogP contribution in [0.15, 0.2) is 18.2 Å². The summed E-state index contributed by atoms with van der Waals surface area (Å²) >= 11 is 5.78. The van der Waals surface area contributed by atoms with E-state index in [1.54, 1.807) is 6.07 Å². The van der Waals surface area contributed by atoms with Gasteiger partial charge >= 0.3 is 0 Å². The SMILES string of the molecule is NCC(N)CNCCc1cc(Cl)ccc1F. The fraction of sp³-hybridized carbons (Fsp3) is 0.455. The van der Waals surface area contributed by atoms with Gasteiger partial charge in [-0.2, -0.15) is 0 Å². The Kier molecular flexibility index (Phi) is 5.69. The quantitative estimate of drug-likeness (QED) is 0.653. The van der Waals surface area contributed by atoms with Crippen LogP contribution in [0.2, 0.25) is 5.02 Å². The lowest BCUT2D eigenvalue weighted by atomic mass is 10.1. The van der Waals surface area contributed by atoms with Crippen LogP contribution in [0.3, 0.4) is 0 Å². The molecule has 0 spiro atoms. The first kappa shape index (κ1) is 13.4. The summed E-state index contributed by atoms with van der Waals surface area (Å²) in [6.45, 7) is 1.74. The van der Waals surface area contributed by atoms with E-state index in [-0.39, 0.29) is 11.9 Å². The van der Waals surface area contributed by atoms with Crippen molar-refractivity contribution in [1.82, 2.24) is 5.32 Å². The Labute approximate surface area is 100.0 Å². The third kappa shape index (κ3) is 4.45. The monoisotopic (exact) mass is 245 g/mol. The zero-order valence-corrected chi connectivity index (χ0v) is 9.80. The van der Waals surface area contributed by atoms with Gasteiger partial charge in [0.2, 0.25) is 0 Å². The molecule has 0 radical (unpaired) electrons. The molecule has 0 amide bonds. The summed E-state index contributed by atoms with van der Waals surface area (Å²) in [4.78, 5) is 0. The summed E-state index contributed by atoms with van der Waals surface area (Å²) in [5.74, 6) is -0.227. The van der Waals surface area contributed by atoms with Gasteiger partial charge in [0, 0.05) is 24.2 Å². The van der Waals surface area contributed by atoms with E-state index in [2.05, 4.69) is 5.32 Å². The zero-order chi connectivity index (χ0) is 12.0. The van der Waals surface area contributed by atoms with Gasteiger partial charge in [-0.25, -0.2) is 4.39 Å². The van der Waals surface area contributed by atoms with Crippen molar-refractivity contribution >= 4 is 11.6 Å². The Morgan fingerprint density at radius 1 is 1.44 bits per heavy atom. The molecule has 1 aromatic rings. The van der Waals surface area contributed by atoms with E-state index in [1.807, 2.05) is 0 Å². The molecule has 1 aromatic carbocycles. The topological polar surface area (TPSA) is 64.1 Å². The normalized spacial score (nSPS) is 12.8. The van der Waals surface area contributed by atoms with Crippen LogP contribution in [-0.2, 0) is 6.42 Å². The van der Waals surface area contributed by atoms with E-state index in [0.29, 0.717) is 36.6 Å². The summed E-state index contributed by atoms with van der Waals surface area (Å²) in [6.07, 6.45) is 0.587. The molecule has 90 valence electrons. The van der Waals surface area contributed by atoms with Crippen LogP contribution in [0.5, 0.6) is 0 Å². The van der Waals surface area contributed by atoms with Crippen molar-refractivity contribution in [1.29, 1.82) is 0 Å². The lowest BCUT2D eigenvalue weighted by Gasteiger charge is -2.10. The lowest BCUT2D eigenvalue weighted by molar-refractivity contribution is 0.568. The molecule has 0 aromatic heterocycles. The summed E-state index contributed by atoms with van der Waals surface area (Å²) in [5, 5.41) is 3.67. The van der Waals surface area contributed by atoms with Crippen LogP contribution >= 0.6 is 11.6 Å². The average Bonchev–Trinajstić information content (AvgIpc) is 2.28. The van der Waals surface area contributed by atoms with E-state index >= 15 is 0 Å². The molecule has 16 heavy (non-hydrogen) atoms. The molecule has 1 atom stereocenters. The molecular weight excluding hydrogens is 229 g/mol. The van der Waals surface area contributed by atoms with E-state index in [9.17, 15) is 4.39 Å². The number of hydrogen-bond donors (Lipinski definition) is 3. The minimum absolute atomic E-state index is 0.0517. The molecular formula is C11H17ClFN3. The smallest absolute Gasteiger partial charge is 0.126 e. The third-order valence-corrected chi connectivity index (χ3v) is 2.52. The minimum atomic E-state index is -0.227. The van der Waals surface area contributed by atoms with Crippen LogP contribution in [0.25, 0.3) is 0 Å². The van der Waals surface area contributed by atoms with E-state index in [4.69, 9.17) is 23.1 Å². The van der Waals surface area contributed by atoms with Crippen molar-refractivity contribution in [2.24, 2.45) is 11.5 Å². The molecule has 0 heterocycles. The van der Waals surface area contributed by atoms with Gasteiger partial charge in [-0.05, 0) is 36.7 Å². The fourth-order valence-electron chi connectivity index (χ4n) is 1.33. The maximum atomic E-state index is 13.3. The van der Waals surface area contributed by atoms with E-state index in [1.165, 1.54) is 12.1 Å². The number of halogens is 2. The van der Waals surface area contributed by atoms with Gasteiger partial charge < -0.3 is 16.8 Å². The standard InChI is InChI=1S/C11H17ClFN3/c12-9-1-2-11(13)8(5-9)3-4-16-7-10(15)6-14/h1-2,5,10,16H,3-4,6-7,14-15H2. The molecule has 0 aliphatic heterocycles. The molecule has 0 bridgehead atoms. The first-order valence-corrected chi connectivity index (χ1v) is 5.61. The van der Waals surface area contributed by atoms with Gasteiger partial charge in [0.1, 0.15) is 5.82 Å². The molecule has 0 aliphatic rings. The molecule has 1 rings (SSSR count). The van der Waals surface area contributed by atoms with Crippen LogP contribution < -0.4 is 16.8 Å². The summed E-state index contributed by atoms with van der Waals surface area (Å²) in [7, 11) is 0. The van der Waals surface area contributed by atoms with Gasteiger partial charge in [0.15, 0.2) is 0 Å². The van der Waals surface area contributed by atoms with E-state index < -0.39 is 0 Å². The zero-order valence-electron chi connectivity index (χ0n) is 9.05. The largest absolute Gasteiger partial charge is 0.329 e. The van der Waals surface area contributed by atoms with Gasteiger partial charge in [0.25, 0.3) is 0 Å². The van der Waals surface area contributed by atoms with Crippen LogP contribution in [0.4, 0.5) is 4.39 Å². The average molecular weight is 246 g/mol. The highest BCUT2D eigenvalue weighted by atomic mass is 35.5. The Hall–Kier alpha value is -0.680. The maximum Gasteiger partial charge on any atom is 0.126 e. The van der Waals surface area contributed by atoms with Crippen molar-refractivity contribution in [3.63, 3.8) is 0 Å². The number of rotatable bonds is 6. The Balaban J connectivity index is 2.34. The van der Waals surface area contributed by atoms with Crippen molar-refractivity contribution in [2.75, 3.05) is 19.6 Å². The first-order chi connectivity index (χ1) is 7.63. The second-order valence-electron chi connectivity index (χ2n) is 3.69. The summed E-state index contributed by atoms with van der Waals surface area (Å²) in [5.41, 5.74) is 11.6. The summed E-state index contributed by atoms with van der Waals surface area (Å²) in [6, 6.07) is 4.51. The lowest BCUT2D eigenvalue weighted by Crippen LogP contribution is -2.40. The van der Waals surface area contributed by atoms with Crippen LogP contribution in [0, 0.1) is 5.82 Å². The van der Waals surface area contributed by atoms with Crippen molar-refractivity contribution in [3.05, 3.63) is 34.6 Å². The molecule has 5 heteroatoms. The number of nitrogens with two attached hydrogens (primary N) is 2. The number of hydrogen-bond acceptors (Lipinski definition) is 3. The highest BCUT2D eigenvalue weighted by Gasteiger charge is 2.03. The van der Waals surface area contributed by atoms with Gasteiger partial charge in [0.05, 0.1) is 0 Å². The maximum absolute atomic E-state index is 13.3. The molecule has 5 N–H and O–H groups in total. The van der Waals surface area contributed by atoms with Crippen molar-refractivity contribution in [3.8, 4) is 0 Å². The second-order valence-corrected chi connectivity index (χ2v) is 4.12. The number of nitrogens with one attached hydrogen (secondary N) is 1. The first-order valence-electron chi connectivity index (χ1n) is 5.23. The van der Waals surface area contributed by atoms with Gasteiger partial charge in [-0.3, -0.25) is 0 Å². The molecule has 0 saturated heterocycles. The van der Waals surface area contributed by atoms with Crippen LogP contribution in [-0.4, -0.2) is 25.7 Å². The summed E-state index contributed by atoms with van der Waals surface area (Å²) < 4.78 is 13.3. The van der Waals surface area contributed by atoms with Crippen molar-refractivity contribution < 1.29 is 4.39 Å². The highest BCUT2D eigenvalue weighted by Crippen LogP contribution is 2.14. The minimum Gasteiger partial charge on any atom is -0.329 e. The van der Waals surface area contributed by atoms with Crippen molar-refractivity contribution in [2.45, 2.75) is 12.5 Å². The highest BCUT2D eigenvalue weighted by molar-refractivity contribution is 6.30. The Bertz CT molecular complexity index is 333. The van der Waals surface area contributed by atoms with E-state index in [0.717, 1.165) is 0 Å². The van der Waals surface area contributed by atoms with Gasteiger partial charge in [-0.15, -0.1) is 0 Å². The predicted molar refractivity (Wildman–Crippen MR) is 65.0 cm³/mol. The number of benzene rings is 1. The van der Waals surface area contributed by atoms with Gasteiger partial charge in [-0.1, -0.05) is 11.6 Å². The van der Waals surface area contributed by atoms with Crippen LogP contribution in [0.1, 0.15) is 5.56 Å². The Morgan fingerprint density at radius 3 is 2.88 bits per heavy atom. The molecule has 3 nitrogen and oxygen atoms in total. The molecule has 0 fully saturated rings. The molecule has 0 aliphatic carbocycles. The fourth-order valence-corrected chi connectivity index (χ4v) is 1.52. The molecule has 0 saturated carbocycles. The Morgan fingerprint density at radius 2 is 2.19 bits per heavy atom. The predicted octanol–water partition coefficient (Wildman–Crippen LogP) is 0.897. The molecule has 1 unspecified atom stereocenters. The second kappa shape index (κ2) is 6.81. The third-order valence-electron chi connectivity index (χ3n) is 2.29.